The minimum absolute atomic E-state index is 0.475. The predicted molar refractivity (Wildman–Crippen MR) is 66.3 cm³/mol. The van der Waals surface area contributed by atoms with E-state index in [1.807, 2.05) is 44.1 Å². The molecule has 0 atom stereocenters. The maximum atomic E-state index is 5.89. The van der Waals surface area contributed by atoms with Crippen LogP contribution in [-0.2, 0) is 6.54 Å². The molecule has 0 spiro atoms. The first-order valence-electron chi connectivity index (χ1n) is 5.40. The van der Waals surface area contributed by atoms with Crippen LogP contribution in [0.3, 0.4) is 0 Å². The molecule has 17 heavy (non-hydrogen) atoms. The summed E-state index contributed by atoms with van der Waals surface area (Å²) in [6.45, 7) is 2.65. The van der Waals surface area contributed by atoms with E-state index in [-0.39, 0.29) is 0 Å². The number of nitrogen functional groups attached to an aromatic ring is 1. The molecule has 0 aliphatic rings. The van der Waals surface area contributed by atoms with Crippen molar-refractivity contribution in [2.75, 3.05) is 19.8 Å². The zero-order valence-corrected chi connectivity index (χ0v) is 10.3. The highest BCUT2D eigenvalue weighted by atomic mass is 16.5. The summed E-state index contributed by atoms with van der Waals surface area (Å²) >= 11 is 0. The second kappa shape index (κ2) is 4.55. The van der Waals surface area contributed by atoms with E-state index in [4.69, 9.17) is 10.3 Å². The normalized spacial score (nSPS) is 11.1. The molecule has 90 valence electrons. The minimum atomic E-state index is 0.475. The zero-order valence-electron chi connectivity index (χ0n) is 10.3. The first kappa shape index (κ1) is 11.6. The Kier molecular flexibility index (Phi) is 3.10. The number of nitrogens with two attached hydrogens (primary N) is 1. The molecule has 2 aromatic rings. The van der Waals surface area contributed by atoms with Gasteiger partial charge >= 0.3 is 0 Å². The third-order valence-corrected chi connectivity index (χ3v) is 2.36. The van der Waals surface area contributed by atoms with Crippen LogP contribution in [0.25, 0.3) is 11.5 Å². The van der Waals surface area contributed by atoms with E-state index < -0.39 is 0 Å². The standard InChI is InChI=1S/C12H16N4O/c1-8-4-5-10(13)9(6-8)12-14-11(15-17-12)7-16(2)3/h4-6H,7,13H2,1-3H3. The minimum Gasteiger partial charge on any atom is -0.398 e. The van der Waals surface area contributed by atoms with Crippen molar-refractivity contribution >= 4 is 5.69 Å². The van der Waals surface area contributed by atoms with Crippen LogP contribution in [0.1, 0.15) is 11.4 Å². The lowest BCUT2D eigenvalue weighted by atomic mass is 10.1. The van der Waals surface area contributed by atoms with Gasteiger partial charge in [-0.2, -0.15) is 4.98 Å². The lowest BCUT2D eigenvalue weighted by Crippen LogP contribution is -2.11. The van der Waals surface area contributed by atoms with Gasteiger partial charge in [-0.05, 0) is 33.2 Å². The fourth-order valence-corrected chi connectivity index (χ4v) is 1.57. The average molecular weight is 232 g/mol. The fraction of sp³-hybridized carbons (Fsp3) is 0.333. The maximum absolute atomic E-state index is 5.89. The van der Waals surface area contributed by atoms with E-state index in [1.165, 1.54) is 0 Å². The summed E-state index contributed by atoms with van der Waals surface area (Å²) in [4.78, 5) is 6.30. The SMILES string of the molecule is Cc1ccc(N)c(-c2nc(CN(C)C)no2)c1. The first-order chi connectivity index (χ1) is 8.06. The van der Waals surface area contributed by atoms with Gasteiger partial charge in [0.05, 0.1) is 12.1 Å². The maximum Gasteiger partial charge on any atom is 0.260 e. The summed E-state index contributed by atoms with van der Waals surface area (Å²) in [7, 11) is 3.91. The lowest BCUT2D eigenvalue weighted by molar-refractivity contribution is 0.365. The molecule has 5 nitrogen and oxygen atoms in total. The summed E-state index contributed by atoms with van der Waals surface area (Å²) in [5.41, 5.74) is 8.45. The number of aryl methyl sites for hydroxylation is 1. The van der Waals surface area contributed by atoms with E-state index in [0.29, 0.717) is 23.9 Å². The van der Waals surface area contributed by atoms with Gasteiger partial charge in [0.2, 0.25) is 0 Å². The summed E-state index contributed by atoms with van der Waals surface area (Å²) < 4.78 is 5.22. The van der Waals surface area contributed by atoms with E-state index >= 15 is 0 Å². The summed E-state index contributed by atoms with van der Waals surface area (Å²) in [5, 5.41) is 3.92. The lowest BCUT2D eigenvalue weighted by Gasteiger charge is -2.03. The Morgan fingerprint density at radius 2 is 2.12 bits per heavy atom. The number of benzene rings is 1. The van der Waals surface area contributed by atoms with Crippen LogP contribution in [0.2, 0.25) is 0 Å². The number of hydrogen-bond acceptors (Lipinski definition) is 5. The monoisotopic (exact) mass is 232 g/mol. The van der Waals surface area contributed by atoms with E-state index in [0.717, 1.165) is 11.1 Å². The van der Waals surface area contributed by atoms with Crippen molar-refractivity contribution in [3.63, 3.8) is 0 Å². The molecule has 1 aromatic heterocycles. The molecular weight excluding hydrogens is 216 g/mol. The molecule has 0 saturated heterocycles. The number of aromatic nitrogens is 2. The van der Waals surface area contributed by atoms with Crippen molar-refractivity contribution in [2.45, 2.75) is 13.5 Å². The number of rotatable bonds is 3. The summed E-state index contributed by atoms with van der Waals surface area (Å²) in [6, 6.07) is 5.75. The van der Waals surface area contributed by atoms with Crippen LogP contribution < -0.4 is 5.73 Å². The molecule has 0 saturated carbocycles. The van der Waals surface area contributed by atoms with Crippen LogP contribution >= 0.6 is 0 Å². The topological polar surface area (TPSA) is 68.2 Å². The van der Waals surface area contributed by atoms with Gasteiger partial charge in [-0.3, -0.25) is 0 Å². The van der Waals surface area contributed by atoms with Crippen molar-refractivity contribution in [1.29, 1.82) is 0 Å². The molecule has 0 amide bonds. The van der Waals surface area contributed by atoms with Gasteiger partial charge in [-0.1, -0.05) is 16.8 Å². The quantitative estimate of drug-likeness (QED) is 0.815. The molecule has 2 N–H and O–H groups in total. The van der Waals surface area contributed by atoms with Gasteiger partial charge in [-0.15, -0.1) is 0 Å². The van der Waals surface area contributed by atoms with Crippen molar-refractivity contribution in [2.24, 2.45) is 0 Å². The van der Waals surface area contributed by atoms with Crippen LogP contribution in [-0.4, -0.2) is 29.1 Å². The second-order valence-electron chi connectivity index (χ2n) is 4.34. The van der Waals surface area contributed by atoms with Crippen LogP contribution in [0.5, 0.6) is 0 Å². The van der Waals surface area contributed by atoms with E-state index in [1.54, 1.807) is 0 Å². The molecule has 2 rings (SSSR count). The van der Waals surface area contributed by atoms with Gasteiger partial charge in [-0.25, -0.2) is 0 Å². The highest BCUT2D eigenvalue weighted by Crippen LogP contribution is 2.25. The Morgan fingerprint density at radius 1 is 1.35 bits per heavy atom. The number of nitrogens with zero attached hydrogens (tertiary/aromatic N) is 3. The third-order valence-electron chi connectivity index (χ3n) is 2.36. The smallest absolute Gasteiger partial charge is 0.260 e. The molecule has 0 aliphatic heterocycles. The first-order valence-corrected chi connectivity index (χ1v) is 5.40. The molecule has 0 unspecified atom stereocenters. The third kappa shape index (κ3) is 2.62. The molecular formula is C12H16N4O. The molecule has 5 heteroatoms. The van der Waals surface area contributed by atoms with Crippen molar-refractivity contribution in [3.05, 3.63) is 29.6 Å². The average Bonchev–Trinajstić information content (AvgIpc) is 2.69. The van der Waals surface area contributed by atoms with Gasteiger partial charge in [0.1, 0.15) is 0 Å². The van der Waals surface area contributed by atoms with Crippen molar-refractivity contribution < 1.29 is 4.52 Å². The van der Waals surface area contributed by atoms with Gasteiger partial charge in [0.25, 0.3) is 5.89 Å². The van der Waals surface area contributed by atoms with E-state index in [2.05, 4.69) is 10.1 Å². The molecule has 1 aromatic carbocycles. The highest BCUT2D eigenvalue weighted by Gasteiger charge is 2.12. The molecule has 0 radical (unpaired) electrons. The zero-order chi connectivity index (χ0) is 12.4. The molecule has 0 fully saturated rings. The number of hydrogen-bond donors (Lipinski definition) is 1. The van der Waals surface area contributed by atoms with Crippen LogP contribution in [0.15, 0.2) is 22.7 Å². The molecule has 0 aliphatic carbocycles. The fourth-order valence-electron chi connectivity index (χ4n) is 1.57. The van der Waals surface area contributed by atoms with Crippen LogP contribution in [0, 0.1) is 6.92 Å². The Hall–Kier alpha value is -1.88. The molecule has 0 bridgehead atoms. The predicted octanol–water partition coefficient (Wildman–Crippen LogP) is 1.69. The molecule has 1 heterocycles. The van der Waals surface area contributed by atoms with Gasteiger partial charge in [0.15, 0.2) is 5.82 Å². The highest BCUT2D eigenvalue weighted by molar-refractivity contribution is 5.70. The summed E-state index contributed by atoms with van der Waals surface area (Å²) in [5.74, 6) is 1.13. The van der Waals surface area contributed by atoms with Gasteiger partial charge < -0.3 is 15.2 Å². The van der Waals surface area contributed by atoms with E-state index in [9.17, 15) is 0 Å². The number of anilines is 1. The Balaban J connectivity index is 2.33. The summed E-state index contributed by atoms with van der Waals surface area (Å²) in [6.07, 6.45) is 0. The second-order valence-corrected chi connectivity index (χ2v) is 4.34. The Labute approximate surface area is 100 Å². The Morgan fingerprint density at radius 3 is 2.82 bits per heavy atom. The van der Waals surface area contributed by atoms with Crippen molar-refractivity contribution in [1.82, 2.24) is 15.0 Å². The van der Waals surface area contributed by atoms with Gasteiger partial charge in [0, 0.05) is 5.69 Å². The largest absolute Gasteiger partial charge is 0.398 e. The van der Waals surface area contributed by atoms with Crippen LogP contribution in [0.4, 0.5) is 5.69 Å². The Bertz CT molecular complexity index is 519. The van der Waals surface area contributed by atoms with Crippen molar-refractivity contribution in [3.8, 4) is 11.5 Å².